The molecular formula is C23H19ClN4O2S. The van der Waals surface area contributed by atoms with Crippen molar-refractivity contribution in [3.05, 3.63) is 95.1 Å². The summed E-state index contributed by atoms with van der Waals surface area (Å²) in [5, 5.41) is 9.80. The first-order chi connectivity index (χ1) is 14.9. The highest BCUT2D eigenvalue weighted by atomic mass is 35.5. The molecule has 31 heavy (non-hydrogen) atoms. The lowest BCUT2D eigenvalue weighted by Gasteiger charge is -2.11. The van der Waals surface area contributed by atoms with Crippen molar-refractivity contribution in [1.82, 2.24) is 4.98 Å². The minimum absolute atomic E-state index is 0.0377. The summed E-state index contributed by atoms with van der Waals surface area (Å²) in [6.45, 7) is 2.12. The highest BCUT2D eigenvalue weighted by Gasteiger charge is 2.20. The number of aromatic nitrogens is 1. The van der Waals surface area contributed by atoms with E-state index in [1.165, 1.54) is 0 Å². The molecule has 0 spiro atoms. The van der Waals surface area contributed by atoms with Crippen LogP contribution < -0.4 is 4.72 Å². The fourth-order valence-electron chi connectivity index (χ4n) is 3.14. The van der Waals surface area contributed by atoms with Crippen molar-refractivity contribution in [2.24, 2.45) is 10.2 Å². The number of nitrogens with one attached hydrogen (secondary N) is 1. The number of rotatable bonds is 6. The number of hydrogen-bond donors (Lipinski definition) is 1. The third-order valence-corrected chi connectivity index (χ3v) is 6.41. The molecule has 3 aromatic carbocycles. The molecule has 0 radical (unpaired) electrons. The predicted molar refractivity (Wildman–Crippen MR) is 123 cm³/mol. The van der Waals surface area contributed by atoms with Crippen LogP contribution in [0, 0.1) is 6.92 Å². The number of halogens is 1. The van der Waals surface area contributed by atoms with E-state index >= 15 is 0 Å². The van der Waals surface area contributed by atoms with Gasteiger partial charge in [-0.1, -0.05) is 48.0 Å². The van der Waals surface area contributed by atoms with Crippen molar-refractivity contribution >= 4 is 43.9 Å². The molecule has 0 fully saturated rings. The normalized spacial score (nSPS) is 11.8. The monoisotopic (exact) mass is 450 g/mol. The van der Waals surface area contributed by atoms with Gasteiger partial charge in [0.25, 0.3) is 10.0 Å². The zero-order valence-corrected chi connectivity index (χ0v) is 18.2. The molecule has 1 aromatic heterocycles. The Balaban J connectivity index is 1.64. The van der Waals surface area contributed by atoms with E-state index in [9.17, 15) is 8.42 Å². The average Bonchev–Trinajstić information content (AvgIpc) is 2.76. The first-order valence-electron chi connectivity index (χ1n) is 9.52. The Morgan fingerprint density at radius 1 is 1.00 bits per heavy atom. The Hall–Kier alpha value is -3.29. The number of sulfonamides is 1. The molecule has 8 heteroatoms. The molecule has 0 bridgehead atoms. The molecule has 0 amide bonds. The van der Waals surface area contributed by atoms with E-state index in [-0.39, 0.29) is 10.6 Å². The van der Waals surface area contributed by atoms with E-state index < -0.39 is 10.0 Å². The second-order valence-electron chi connectivity index (χ2n) is 6.94. The summed E-state index contributed by atoms with van der Waals surface area (Å²) < 4.78 is 28.6. The maximum Gasteiger partial charge on any atom is 0.264 e. The Bertz CT molecular complexity index is 1380. The molecule has 0 saturated heterocycles. The molecule has 0 saturated carbocycles. The third kappa shape index (κ3) is 4.73. The minimum Gasteiger partial charge on any atom is -0.278 e. The van der Waals surface area contributed by atoms with Gasteiger partial charge in [0.05, 0.1) is 22.8 Å². The number of para-hydroxylation sites is 2. The van der Waals surface area contributed by atoms with Gasteiger partial charge in [-0.15, -0.1) is 0 Å². The van der Waals surface area contributed by atoms with Crippen LogP contribution in [0.4, 0.5) is 11.4 Å². The number of benzene rings is 3. The minimum atomic E-state index is -3.92. The van der Waals surface area contributed by atoms with Gasteiger partial charge in [0, 0.05) is 11.6 Å². The van der Waals surface area contributed by atoms with Gasteiger partial charge in [0.1, 0.15) is 10.6 Å². The molecule has 0 atom stereocenters. The number of anilines is 1. The van der Waals surface area contributed by atoms with Crippen molar-refractivity contribution in [2.45, 2.75) is 18.4 Å². The maximum absolute atomic E-state index is 13.1. The second kappa shape index (κ2) is 8.83. The summed E-state index contributed by atoms with van der Waals surface area (Å²) in [5.74, 6) is 0. The zero-order chi connectivity index (χ0) is 21.8. The fraction of sp³-hybridized carbons (Fsp3) is 0.0870. The summed E-state index contributed by atoms with van der Waals surface area (Å²) >= 11 is 6.11. The number of azo groups is 1. The Morgan fingerprint density at radius 3 is 2.61 bits per heavy atom. The van der Waals surface area contributed by atoms with Crippen LogP contribution in [-0.4, -0.2) is 13.4 Å². The van der Waals surface area contributed by atoms with Crippen LogP contribution in [0.5, 0.6) is 0 Å². The first-order valence-corrected chi connectivity index (χ1v) is 11.4. The van der Waals surface area contributed by atoms with Gasteiger partial charge in [-0.2, -0.15) is 10.2 Å². The van der Waals surface area contributed by atoms with Crippen LogP contribution in [0.15, 0.2) is 94.1 Å². The standard InChI is InChI=1S/C23H19ClN4O2S/c1-16-10-11-22(23(14-16)31(29,30)28-21-9-5-3-7-19(21)24)27-26-15-17-12-13-25-20-8-4-2-6-18(17)20/h2-14,28H,15H2,1H3. The lowest BCUT2D eigenvalue weighted by atomic mass is 10.1. The highest BCUT2D eigenvalue weighted by Crippen LogP contribution is 2.30. The second-order valence-corrected chi connectivity index (χ2v) is 9.00. The van der Waals surface area contributed by atoms with Crippen molar-refractivity contribution in [1.29, 1.82) is 0 Å². The van der Waals surface area contributed by atoms with Crippen LogP contribution in [0.2, 0.25) is 5.02 Å². The van der Waals surface area contributed by atoms with Crippen LogP contribution >= 0.6 is 11.6 Å². The van der Waals surface area contributed by atoms with Crippen LogP contribution in [0.25, 0.3) is 10.9 Å². The van der Waals surface area contributed by atoms with E-state index in [0.717, 1.165) is 22.0 Å². The van der Waals surface area contributed by atoms with Crippen LogP contribution in [0.1, 0.15) is 11.1 Å². The van der Waals surface area contributed by atoms with Gasteiger partial charge in [-0.05, 0) is 54.4 Å². The number of nitrogens with zero attached hydrogens (tertiary/aromatic N) is 3. The van der Waals surface area contributed by atoms with Crippen LogP contribution in [0.3, 0.4) is 0 Å². The quantitative estimate of drug-likeness (QED) is 0.351. The summed E-state index contributed by atoms with van der Waals surface area (Å²) in [7, 11) is -3.92. The molecule has 156 valence electrons. The van der Waals surface area contributed by atoms with E-state index in [2.05, 4.69) is 19.9 Å². The molecule has 0 aliphatic carbocycles. The molecule has 4 aromatic rings. The lowest BCUT2D eigenvalue weighted by molar-refractivity contribution is 0.601. The molecule has 0 aliphatic rings. The zero-order valence-electron chi connectivity index (χ0n) is 16.7. The highest BCUT2D eigenvalue weighted by molar-refractivity contribution is 7.92. The number of hydrogen-bond acceptors (Lipinski definition) is 5. The van der Waals surface area contributed by atoms with Crippen LogP contribution in [-0.2, 0) is 16.6 Å². The largest absolute Gasteiger partial charge is 0.278 e. The summed E-state index contributed by atoms with van der Waals surface area (Å²) in [4.78, 5) is 4.38. The van der Waals surface area contributed by atoms with Gasteiger partial charge < -0.3 is 0 Å². The molecular weight excluding hydrogens is 432 g/mol. The van der Waals surface area contributed by atoms with Gasteiger partial charge in [-0.3, -0.25) is 9.71 Å². The molecule has 6 nitrogen and oxygen atoms in total. The van der Waals surface area contributed by atoms with Crippen molar-refractivity contribution in [3.8, 4) is 0 Å². The molecule has 4 rings (SSSR count). The first kappa shape index (κ1) is 21.0. The van der Waals surface area contributed by atoms with E-state index in [1.54, 1.807) is 48.7 Å². The smallest absolute Gasteiger partial charge is 0.264 e. The van der Waals surface area contributed by atoms with E-state index in [4.69, 9.17) is 11.6 Å². The predicted octanol–water partition coefficient (Wildman–Crippen LogP) is 6.28. The lowest BCUT2D eigenvalue weighted by Crippen LogP contribution is -2.13. The van der Waals surface area contributed by atoms with Crippen molar-refractivity contribution in [3.63, 3.8) is 0 Å². The number of fused-ring (bicyclic) bond motifs is 1. The SMILES string of the molecule is Cc1ccc(N=NCc2ccnc3ccccc23)c(S(=O)(=O)Nc2ccccc2Cl)c1. The average molecular weight is 451 g/mol. The molecule has 0 unspecified atom stereocenters. The molecule has 1 N–H and O–H groups in total. The summed E-state index contributed by atoms with van der Waals surface area (Å²) in [6.07, 6.45) is 1.72. The maximum atomic E-state index is 13.1. The number of pyridine rings is 1. The molecule has 1 heterocycles. The fourth-order valence-corrected chi connectivity index (χ4v) is 4.69. The number of aryl methyl sites for hydroxylation is 1. The Morgan fingerprint density at radius 2 is 1.77 bits per heavy atom. The topological polar surface area (TPSA) is 83.8 Å². The van der Waals surface area contributed by atoms with E-state index in [0.29, 0.717) is 17.3 Å². The van der Waals surface area contributed by atoms with Gasteiger partial charge >= 0.3 is 0 Å². The van der Waals surface area contributed by atoms with Crippen molar-refractivity contribution < 1.29 is 8.42 Å². The van der Waals surface area contributed by atoms with Gasteiger partial charge in [-0.25, -0.2) is 8.42 Å². The Labute approximate surface area is 185 Å². The molecule has 0 aliphatic heterocycles. The van der Waals surface area contributed by atoms with Gasteiger partial charge in [0.2, 0.25) is 0 Å². The van der Waals surface area contributed by atoms with Gasteiger partial charge in [0.15, 0.2) is 0 Å². The third-order valence-electron chi connectivity index (χ3n) is 4.68. The summed E-state index contributed by atoms with van der Waals surface area (Å²) in [5.41, 5.74) is 3.18. The van der Waals surface area contributed by atoms with E-state index in [1.807, 2.05) is 37.3 Å². The van der Waals surface area contributed by atoms with Crippen molar-refractivity contribution in [2.75, 3.05) is 4.72 Å². The Kier molecular flexibility index (Phi) is 5.97. The summed E-state index contributed by atoms with van der Waals surface area (Å²) in [6, 6.07) is 21.3.